The lowest BCUT2D eigenvalue weighted by atomic mass is 10.2. The highest BCUT2D eigenvalue weighted by atomic mass is 35.5. The van der Waals surface area contributed by atoms with Crippen molar-refractivity contribution in [3.63, 3.8) is 0 Å². The molecule has 5 nitrogen and oxygen atoms in total. The van der Waals surface area contributed by atoms with E-state index in [2.05, 4.69) is 10.2 Å². The third kappa shape index (κ3) is 1.99. The molecule has 7 heteroatoms. The van der Waals surface area contributed by atoms with Crippen LogP contribution in [0.4, 0.5) is 0 Å². The van der Waals surface area contributed by atoms with Crippen LogP contribution < -0.4 is 0 Å². The molecular formula is C11H12ClN3O2S. The van der Waals surface area contributed by atoms with Gasteiger partial charge in [0.05, 0.1) is 11.0 Å². The van der Waals surface area contributed by atoms with E-state index in [1.165, 1.54) is 0 Å². The molecule has 2 aromatic heterocycles. The Hall–Kier alpha value is -1.14. The van der Waals surface area contributed by atoms with Crippen LogP contribution in [0.25, 0.3) is 5.65 Å². The topological polar surface area (TPSA) is 64.3 Å². The fourth-order valence-corrected chi connectivity index (χ4v) is 4.33. The van der Waals surface area contributed by atoms with Gasteiger partial charge in [0, 0.05) is 23.7 Å². The number of halogens is 1. The number of nitrogens with zero attached hydrogens (tertiary/aromatic N) is 3. The van der Waals surface area contributed by atoms with E-state index in [9.17, 15) is 8.42 Å². The monoisotopic (exact) mass is 285 g/mol. The lowest BCUT2D eigenvalue weighted by Gasteiger charge is -2.07. The van der Waals surface area contributed by atoms with Gasteiger partial charge in [-0.25, -0.2) is 8.42 Å². The van der Waals surface area contributed by atoms with Crippen LogP contribution in [-0.2, 0) is 16.3 Å². The minimum Gasteiger partial charge on any atom is -0.286 e. The number of sulfone groups is 1. The molecule has 3 rings (SSSR count). The average Bonchev–Trinajstić information content (AvgIpc) is 2.84. The summed E-state index contributed by atoms with van der Waals surface area (Å²) in [5, 5.41) is 8.33. The Morgan fingerprint density at radius 1 is 1.44 bits per heavy atom. The van der Waals surface area contributed by atoms with Crippen LogP contribution in [0.5, 0.6) is 0 Å². The summed E-state index contributed by atoms with van der Waals surface area (Å²) in [6.07, 6.45) is 3.65. The van der Waals surface area contributed by atoms with Gasteiger partial charge in [-0.15, -0.1) is 10.2 Å². The molecule has 1 unspecified atom stereocenters. The van der Waals surface area contributed by atoms with E-state index in [0.29, 0.717) is 35.1 Å². The number of hydrogen-bond donors (Lipinski definition) is 0. The number of aromatic nitrogens is 3. The smallest absolute Gasteiger partial charge is 0.162 e. The number of fused-ring (bicyclic) bond motifs is 1. The second kappa shape index (κ2) is 4.20. The molecule has 1 atom stereocenters. The Morgan fingerprint density at radius 3 is 3.00 bits per heavy atom. The molecule has 0 N–H and O–H groups in total. The van der Waals surface area contributed by atoms with Crippen molar-refractivity contribution in [1.29, 1.82) is 0 Å². The van der Waals surface area contributed by atoms with Gasteiger partial charge in [0.15, 0.2) is 15.5 Å². The van der Waals surface area contributed by atoms with Gasteiger partial charge in [-0.3, -0.25) is 4.40 Å². The maximum Gasteiger partial charge on any atom is 0.162 e. The van der Waals surface area contributed by atoms with E-state index in [0.717, 1.165) is 6.42 Å². The normalized spacial score (nSPS) is 22.6. The molecule has 0 aromatic carbocycles. The van der Waals surface area contributed by atoms with Crippen molar-refractivity contribution < 1.29 is 8.42 Å². The Kier molecular flexibility index (Phi) is 2.79. The number of pyridine rings is 1. The molecule has 1 aliphatic heterocycles. The SMILES string of the molecule is O=S1(=O)CCCC1Cc1nnc2cc(Cl)ccn12. The molecule has 0 amide bonds. The largest absolute Gasteiger partial charge is 0.286 e. The molecular weight excluding hydrogens is 274 g/mol. The molecule has 0 saturated carbocycles. The summed E-state index contributed by atoms with van der Waals surface area (Å²) < 4.78 is 25.4. The molecule has 0 spiro atoms. The van der Waals surface area contributed by atoms with Crippen LogP contribution in [0.2, 0.25) is 5.02 Å². The van der Waals surface area contributed by atoms with E-state index < -0.39 is 9.84 Å². The zero-order valence-corrected chi connectivity index (χ0v) is 11.2. The lowest BCUT2D eigenvalue weighted by Crippen LogP contribution is -2.19. The van der Waals surface area contributed by atoms with Crippen LogP contribution >= 0.6 is 11.6 Å². The van der Waals surface area contributed by atoms with E-state index in [1.807, 2.05) is 0 Å². The number of rotatable bonds is 2. The van der Waals surface area contributed by atoms with E-state index >= 15 is 0 Å². The zero-order chi connectivity index (χ0) is 12.8. The van der Waals surface area contributed by atoms with E-state index in [4.69, 9.17) is 11.6 Å². The Balaban J connectivity index is 1.96. The molecule has 2 aromatic rings. The summed E-state index contributed by atoms with van der Waals surface area (Å²) in [4.78, 5) is 0. The van der Waals surface area contributed by atoms with E-state index in [1.54, 1.807) is 22.7 Å². The summed E-state index contributed by atoms with van der Waals surface area (Å²) in [7, 11) is -2.95. The highest BCUT2D eigenvalue weighted by Gasteiger charge is 2.32. The van der Waals surface area contributed by atoms with Crippen LogP contribution in [0, 0.1) is 0 Å². The average molecular weight is 286 g/mol. The second-order valence-corrected chi connectivity index (χ2v) is 7.36. The summed E-state index contributed by atoms with van der Waals surface area (Å²) >= 11 is 5.87. The fraction of sp³-hybridized carbons (Fsp3) is 0.455. The first-order chi connectivity index (χ1) is 8.56. The maximum atomic E-state index is 11.8. The molecule has 3 heterocycles. The van der Waals surface area contributed by atoms with Crippen LogP contribution in [0.3, 0.4) is 0 Å². The van der Waals surface area contributed by atoms with Gasteiger partial charge in [-0.2, -0.15) is 0 Å². The molecule has 1 fully saturated rings. The standard InChI is InChI=1S/C11H12ClN3O2S/c12-8-3-4-15-10(6-8)13-14-11(15)7-9-2-1-5-18(9,16)17/h3-4,6,9H,1-2,5,7H2. The van der Waals surface area contributed by atoms with Crippen molar-refractivity contribution in [3.8, 4) is 0 Å². The first-order valence-corrected chi connectivity index (χ1v) is 7.86. The Bertz CT molecular complexity index is 695. The molecule has 0 aliphatic carbocycles. The molecule has 0 bridgehead atoms. The summed E-state index contributed by atoms with van der Waals surface area (Å²) in [5.41, 5.74) is 0.646. The minimum absolute atomic E-state index is 0.292. The van der Waals surface area contributed by atoms with E-state index in [-0.39, 0.29) is 5.25 Å². The van der Waals surface area contributed by atoms with Gasteiger partial charge in [-0.05, 0) is 18.9 Å². The fourth-order valence-electron chi connectivity index (χ4n) is 2.35. The third-order valence-corrected chi connectivity index (χ3v) is 5.83. The van der Waals surface area contributed by atoms with Gasteiger partial charge >= 0.3 is 0 Å². The summed E-state index contributed by atoms with van der Waals surface area (Å²) in [6.45, 7) is 0. The number of hydrogen-bond acceptors (Lipinski definition) is 4. The summed E-state index contributed by atoms with van der Waals surface area (Å²) in [6, 6.07) is 3.45. The lowest BCUT2D eigenvalue weighted by molar-refractivity contribution is 0.585. The van der Waals surface area contributed by atoms with Crippen LogP contribution in [-0.4, -0.2) is 34.0 Å². The highest BCUT2D eigenvalue weighted by molar-refractivity contribution is 7.92. The molecule has 1 aliphatic rings. The molecule has 0 radical (unpaired) electrons. The predicted molar refractivity (Wildman–Crippen MR) is 68.5 cm³/mol. The first-order valence-electron chi connectivity index (χ1n) is 5.77. The van der Waals surface area contributed by atoms with Crippen LogP contribution in [0.1, 0.15) is 18.7 Å². The molecule has 96 valence electrons. The summed E-state index contributed by atoms with van der Waals surface area (Å²) in [5.74, 6) is 0.970. The van der Waals surface area contributed by atoms with Crippen molar-refractivity contribution in [2.24, 2.45) is 0 Å². The Labute approximate surface area is 110 Å². The van der Waals surface area contributed by atoms with Gasteiger partial charge < -0.3 is 0 Å². The zero-order valence-electron chi connectivity index (χ0n) is 9.58. The van der Waals surface area contributed by atoms with Gasteiger partial charge in [-0.1, -0.05) is 11.6 Å². The second-order valence-electron chi connectivity index (χ2n) is 4.52. The van der Waals surface area contributed by atoms with Gasteiger partial charge in [0.2, 0.25) is 0 Å². The minimum atomic E-state index is -2.95. The third-order valence-electron chi connectivity index (χ3n) is 3.32. The molecule has 1 saturated heterocycles. The highest BCUT2D eigenvalue weighted by Crippen LogP contribution is 2.23. The van der Waals surface area contributed by atoms with Crippen molar-refractivity contribution in [2.45, 2.75) is 24.5 Å². The van der Waals surface area contributed by atoms with Gasteiger partial charge in [0.1, 0.15) is 5.82 Å². The maximum absolute atomic E-state index is 11.8. The predicted octanol–water partition coefficient (Wildman–Crippen LogP) is 1.50. The quantitative estimate of drug-likeness (QED) is 0.839. The van der Waals surface area contributed by atoms with Crippen molar-refractivity contribution in [3.05, 3.63) is 29.2 Å². The van der Waals surface area contributed by atoms with Crippen molar-refractivity contribution in [2.75, 3.05) is 5.75 Å². The first kappa shape index (κ1) is 11.9. The van der Waals surface area contributed by atoms with Gasteiger partial charge in [0.25, 0.3) is 0 Å². The van der Waals surface area contributed by atoms with Crippen LogP contribution in [0.15, 0.2) is 18.3 Å². The molecule has 18 heavy (non-hydrogen) atoms. The van der Waals surface area contributed by atoms with Crippen molar-refractivity contribution in [1.82, 2.24) is 14.6 Å². The van der Waals surface area contributed by atoms with Crippen molar-refractivity contribution >= 4 is 27.1 Å². The Morgan fingerprint density at radius 2 is 2.28 bits per heavy atom.